The molecule has 0 spiro atoms. The quantitative estimate of drug-likeness (QED) is 0.848. The fraction of sp³-hybridized carbons (Fsp3) is 0.500. The van der Waals surface area contributed by atoms with Crippen LogP contribution in [-0.2, 0) is 11.2 Å². The summed E-state index contributed by atoms with van der Waals surface area (Å²) in [6.07, 6.45) is 3.17. The van der Waals surface area contributed by atoms with Crippen LogP contribution < -0.4 is 0 Å². The van der Waals surface area contributed by atoms with Gasteiger partial charge in [0.15, 0.2) is 0 Å². The minimum atomic E-state index is 0.184. The maximum atomic E-state index is 12.0. The highest BCUT2D eigenvalue weighted by atomic mass is 16.5. The Morgan fingerprint density at radius 3 is 2.57 bits per heavy atom. The van der Waals surface area contributed by atoms with Crippen LogP contribution in [0.2, 0.25) is 0 Å². The summed E-state index contributed by atoms with van der Waals surface area (Å²) in [7, 11) is 0. The molecule has 5 nitrogen and oxygen atoms in total. The van der Waals surface area contributed by atoms with E-state index in [1.807, 2.05) is 17.0 Å². The third-order valence-electron chi connectivity index (χ3n) is 4.32. The van der Waals surface area contributed by atoms with E-state index in [1.54, 1.807) is 0 Å². The van der Waals surface area contributed by atoms with Crippen LogP contribution in [0, 0.1) is 0 Å². The van der Waals surface area contributed by atoms with Crippen LogP contribution in [0.25, 0.3) is 11.4 Å². The number of carbonyl (C=O) groups is 1. The summed E-state index contributed by atoms with van der Waals surface area (Å²) in [6.45, 7) is 6.10. The normalized spacial score (nSPS) is 14.7. The second kappa shape index (κ2) is 6.94. The Morgan fingerprint density at radius 1 is 1.22 bits per heavy atom. The van der Waals surface area contributed by atoms with Crippen molar-refractivity contribution < 1.29 is 9.32 Å². The van der Waals surface area contributed by atoms with Gasteiger partial charge in [-0.25, -0.2) is 0 Å². The molecule has 1 fully saturated rings. The molecule has 0 bridgehead atoms. The van der Waals surface area contributed by atoms with Crippen molar-refractivity contribution in [3.63, 3.8) is 0 Å². The van der Waals surface area contributed by atoms with E-state index >= 15 is 0 Å². The van der Waals surface area contributed by atoms with Crippen molar-refractivity contribution in [3.8, 4) is 11.4 Å². The number of likely N-dealkylation sites (tertiary alicyclic amines) is 1. The number of benzene rings is 1. The fourth-order valence-corrected chi connectivity index (χ4v) is 2.83. The predicted molar refractivity (Wildman–Crippen MR) is 88.0 cm³/mol. The van der Waals surface area contributed by atoms with Gasteiger partial charge < -0.3 is 9.42 Å². The molecule has 0 radical (unpaired) electrons. The number of aromatic nitrogens is 2. The predicted octanol–water partition coefficient (Wildman–Crippen LogP) is 3.42. The molecule has 1 amide bonds. The van der Waals surface area contributed by atoms with Gasteiger partial charge in [-0.05, 0) is 24.3 Å². The molecular formula is C18H23N3O2. The fourth-order valence-electron chi connectivity index (χ4n) is 2.83. The van der Waals surface area contributed by atoms with Crippen LogP contribution in [0.3, 0.4) is 0 Å². The van der Waals surface area contributed by atoms with Crippen LogP contribution in [0.4, 0.5) is 0 Å². The van der Waals surface area contributed by atoms with Gasteiger partial charge in [0.2, 0.25) is 17.6 Å². The third-order valence-corrected chi connectivity index (χ3v) is 4.32. The summed E-state index contributed by atoms with van der Waals surface area (Å²) in [5.74, 6) is 1.80. The molecule has 0 atom stereocenters. The van der Waals surface area contributed by atoms with E-state index < -0.39 is 0 Å². The molecule has 122 valence electrons. The Balaban J connectivity index is 1.60. The average molecular weight is 313 g/mol. The number of aryl methyl sites for hydroxylation is 1. The van der Waals surface area contributed by atoms with E-state index in [1.165, 1.54) is 5.56 Å². The molecule has 1 saturated heterocycles. The molecule has 2 heterocycles. The first-order chi connectivity index (χ1) is 11.1. The van der Waals surface area contributed by atoms with E-state index in [-0.39, 0.29) is 5.91 Å². The molecule has 5 heteroatoms. The first-order valence-electron chi connectivity index (χ1n) is 8.34. The molecule has 1 aromatic carbocycles. The summed E-state index contributed by atoms with van der Waals surface area (Å²) < 4.78 is 5.28. The van der Waals surface area contributed by atoms with Gasteiger partial charge in [-0.3, -0.25) is 4.79 Å². The lowest BCUT2D eigenvalue weighted by molar-refractivity contribution is -0.130. The second-order valence-electron chi connectivity index (χ2n) is 6.38. The minimum Gasteiger partial charge on any atom is -0.343 e. The number of amides is 1. The first-order valence-corrected chi connectivity index (χ1v) is 8.34. The maximum absolute atomic E-state index is 12.0. The van der Waals surface area contributed by atoms with Crippen LogP contribution in [-0.4, -0.2) is 34.0 Å². The summed E-state index contributed by atoms with van der Waals surface area (Å²) in [6, 6.07) is 8.21. The van der Waals surface area contributed by atoms with Crippen molar-refractivity contribution in [1.82, 2.24) is 15.0 Å². The van der Waals surface area contributed by atoms with Gasteiger partial charge in [0.05, 0.1) is 0 Å². The second-order valence-corrected chi connectivity index (χ2v) is 6.38. The van der Waals surface area contributed by atoms with E-state index in [4.69, 9.17) is 4.52 Å². The van der Waals surface area contributed by atoms with Crippen LogP contribution in [0.1, 0.15) is 50.5 Å². The lowest BCUT2D eigenvalue weighted by Crippen LogP contribution is -2.27. The third kappa shape index (κ3) is 3.78. The SMILES string of the molecule is CC(C)c1ccc(-c2noc(CCC(=O)N3CCCC3)n2)cc1. The van der Waals surface area contributed by atoms with Gasteiger partial charge in [-0.1, -0.05) is 43.3 Å². The largest absolute Gasteiger partial charge is 0.343 e. The minimum absolute atomic E-state index is 0.184. The highest BCUT2D eigenvalue weighted by Crippen LogP contribution is 2.21. The molecule has 0 unspecified atom stereocenters. The molecule has 0 aliphatic carbocycles. The van der Waals surface area contributed by atoms with E-state index in [0.717, 1.165) is 31.5 Å². The standard InChI is InChI=1S/C18H23N3O2/c1-13(2)14-5-7-15(8-6-14)18-19-16(23-20-18)9-10-17(22)21-11-3-4-12-21/h5-8,13H,3-4,9-12H2,1-2H3. The van der Waals surface area contributed by atoms with Gasteiger partial charge in [0, 0.05) is 31.5 Å². The van der Waals surface area contributed by atoms with Gasteiger partial charge in [0.25, 0.3) is 0 Å². The van der Waals surface area contributed by atoms with Gasteiger partial charge >= 0.3 is 0 Å². The average Bonchev–Trinajstić information content (AvgIpc) is 3.24. The zero-order chi connectivity index (χ0) is 16.2. The van der Waals surface area contributed by atoms with Crippen LogP contribution in [0.5, 0.6) is 0 Å². The van der Waals surface area contributed by atoms with Gasteiger partial charge in [-0.2, -0.15) is 4.98 Å². The highest BCUT2D eigenvalue weighted by Gasteiger charge is 2.18. The molecule has 0 N–H and O–H groups in total. The van der Waals surface area contributed by atoms with E-state index in [2.05, 4.69) is 36.1 Å². The number of hydrogen-bond donors (Lipinski definition) is 0. The molecule has 0 saturated carbocycles. The maximum Gasteiger partial charge on any atom is 0.227 e. The zero-order valence-electron chi connectivity index (χ0n) is 13.8. The van der Waals surface area contributed by atoms with Crippen molar-refractivity contribution in [3.05, 3.63) is 35.7 Å². The van der Waals surface area contributed by atoms with E-state index in [9.17, 15) is 4.79 Å². The topological polar surface area (TPSA) is 59.2 Å². The lowest BCUT2D eigenvalue weighted by atomic mass is 10.0. The number of nitrogens with zero attached hydrogens (tertiary/aromatic N) is 3. The molecule has 1 aromatic heterocycles. The number of carbonyl (C=O) groups excluding carboxylic acids is 1. The zero-order valence-corrected chi connectivity index (χ0v) is 13.8. The monoisotopic (exact) mass is 313 g/mol. The van der Waals surface area contributed by atoms with E-state index in [0.29, 0.717) is 30.5 Å². The van der Waals surface area contributed by atoms with Gasteiger partial charge in [0.1, 0.15) is 0 Å². The Labute approximate surface area is 136 Å². The van der Waals surface area contributed by atoms with Crippen molar-refractivity contribution >= 4 is 5.91 Å². The van der Waals surface area contributed by atoms with Crippen molar-refractivity contribution in [2.45, 2.75) is 45.4 Å². The molecular weight excluding hydrogens is 290 g/mol. The Hall–Kier alpha value is -2.17. The van der Waals surface area contributed by atoms with Crippen LogP contribution in [0.15, 0.2) is 28.8 Å². The molecule has 2 aromatic rings. The Morgan fingerprint density at radius 2 is 1.91 bits per heavy atom. The Kier molecular flexibility index (Phi) is 4.74. The Bertz CT molecular complexity index is 655. The lowest BCUT2D eigenvalue weighted by Gasteiger charge is -2.13. The molecule has 1 aliphatic rings. The summed E-state index contributed by atoms with van der Waals surface area (Å²) in [5.41, 5.74) is 2.23. The number of rotatable bonds is 5. The highest BCUT2D eigenvalue weighted by molar-refractivity contribution is 5.76. The van der Waals surface area contributed by atoms with Crippen LogP contribution >= 0.6 is 0 Å². The summed E-state index contributed by atoms with van der Waals surface area (Å²) in [4.78, 5) is 18.4. The summed E-state index contributed by atoms with van der Waals surface area (Å²) in [5, 5.41) is 4.03. The van der Waals surface area contributed by atoms with Crippen molar-refractivity contribution in [1.29, 1.82) is 0 Å². The molecule has 23 heavy (non-hydrogen) atoms. The first kappa shape index (κ1) is 15.7. The number of hydrogen-bond acceptors (Lipinski definition) is 4. The van der Waals surface area contributed by atoms with Crippen molar-refractivity contribution in [2.75, 3.05) is 13.1 Å². The van der Waals surface area contributed by atoms with Crippen molar-refractivity contribution in [2.24, 2.45) is 0 Å². The summed E-state index contributed by atoms with van der Waals surface area (Å²) >= 11 is 0. The molecule has 1 aliphatic heterocycles. The smallest absolute Gasteiger partial charge is 0.227 e. The van der Waals surface area contributed by atoms with Gasteiger partial charge in [-0.15, -0.1) is 0 Å². The molecule has 3 rings (SSSR count).